The molecule has 17 heavy (non-hydrogen) atoms. The van der Waals surface area contributed by atoms with E-state index in [0.29, 0.717) is 11.3 Å². The smallest absolute Gasteiger partial charge is 0.242 e. The molecular weight excluding hydrogens is 221 g/mol. The number of nitrogens with zero attached hydrogens (tertiary/aromatic N) is 2. The molecule has 1 aromatic carbocycles. The van der Waals surface area contributed by atoms with Gasteiger partial charge in [-0.3, -0.25) is 0 Å². The normalized spacial score (nSPS) is 9.65. The first kappa shape index (κ1) is 10.9. The van der Waals surface area contributed by atoms with Crippen molar-refractivity contribution in [1.29, 1.82) is 5.26 Å². The Balaban J connectivity index is 2.28. The van der Waals surface area contributed by atoms with Crippen molar-refractivity contribution in [1.82, 2.24) is 4.98 Å². The molecule has 5 heteroatoms. The maximum Gasteiger partial charge on any atom is 0.242 e. The molecule has 0 saturated heterocycles. The van der Waals surface area contributed by atoms with E-state index in [1.807, 2.05) is 6.07 Å². The molecule has 0 aliphatic heterocycles. The third kappa shape index (κ3) is 2.49. The lowest BCUT2D eigenvalue weighted by Crippen LogP contribution is -1.96. The molecule has 0 radical (unpaired) electrons. The van der Waals surface area contributed by atoms with E-state index in [9.17, 15) is 4.39 Å². The number of nitrogen functional groups attached to an aromatic ring is 1. The van der Waals surface area contributed by atoms with Crippen LogP contribution in [0.15, 0.2) is 36.5 Å². The summed E-state index contributed by atoms with van der Waals surface area (Å²) < 4.78 is 18.2. The van der Waals surface area contributed by atoms with E-state index in [2.05, 4.69) is 4.98 Å². The number of anilines is 1. The number of benzene rings is 1. The average molecular weight is 229 g/mol. The lowest BCUT2D eigenvalue weighted by molar-refractivity contribution is 0.460. The van der Waals surface area contributed by atoms with Gasteiger partial charge in [0.2, 0.25) is 5.88 Å². The number of halogens is 1. The highest BCUT2D eigenvalue weighted by molar-refractivity contribution is 5.53. The molecule has 2 rings (SSSR count). The Morgan fingerprint density at radius 3 is 2.82 bits per heavy atom. The van der Waals surface area contributed by atoms with E-state index in [-0.39, 0.29) is 11.6 Å². The van der Waals surface area contributed by atoms with E-state index >= 15 is 0 Å². The Labute approximate surface area is 97.1 Å². The minimum absolute atomic E-state index is 0.148. The number of nitriles is 1. The molecule has 0 aliphatic rings. The summed E-state index contributed by atoms with van der Waals surface area (Å²) in [4.78, 5) is 3.88. The number of aromatic nitrogens is 1. The summed E-state index contributed by atoms with van der Waals surface area (Å²) in [6, 6.07) is 8.99. The van der Waals surface area contributed by atoms with Crippen LogP contribution in [0.2, 0.25) is 0 Å². The largest absolute Gasteiger partial charge is 0.437 e. The number of rotatable bonds is 2. The highest BCUT2D eigenvalue weighted by Gasteiger charge is 2.05. The van der Waals surface area contributed by atoms with Gasteiger partial charge in [0.1, 0.15) is 17.6 Å². The average Bonchev–Trinajstić information content (AvgIpc) is 2.32. The third-order valence-electron chi connectivity index (χ3n) is 2.02. The number of nitrogens with two attached hydrogens (primary N) is 1. The fourth-order valence-electron chi connectivity index (χ4n) is 1.26. The minimum Gasteiger partial charge on any atom is -0.437 e. The Bertz CT molecular complexity index is 593. The zero-order chi connectivity index (χ0) is 12.3. The van der Waals surface area contributed by atoms with Gasteiger partial charge >= 0.3 is 0 Å². The van der Waals surface area contributed by atoms with Crippen molar-refractivity contribution in [3.8, 4) is 17.7 Å². The maximum absolute atomic E-state index is 12.9. The molecule has 0 fully saturated rings. The number of hydrogen-bond acceptors (Lipinski definition) is 4. The lowest BCUT2D eigenvalue weighted by atomic mass is 10.3. The zero-order valence-electron chi connectivity index (χ0n) is 8.72. The molecule has 0 aliphatic carbocycles. The van der Waals surface area contributed by atoms with Gasteiger partial charge < -0.3 is 10.5 Å². The molecule has 1 heterocycles. The predicted molar refractivity (Wildman–Crippen MR) is 59.8 cm³/mol. The Hall–Kier alpha value is -2.61. The summed E-state index contributed by atoms with van der Waals surface area (Å²) in [7, 11) is 0. The quantitative estimate of drug-likeness (QED) is 0.858. The zero-order valence-corrected chi connectivity index (χ0v) is 8.72. The third-order valence-corrected chi connectivity index (χ3v) is 2.02. The van der Waals surface area contributed by atoms with Gasteiger partial charge in [0.25, 0.3) is 0 Å². The fourth-order valence-corrected chi connectivity index (χ4v) is 1.26. The van der Waals surface area contributed by atoms with Crippen molar-refractivity contribution in [2.45, 2.75) is 0 Å². The predicted octanol–water partition coefficient (Wildman–Crippen LogP) is 2.47. The summed E-state index contributed by atoms with van der Waals surface area (Å²) in [5.41, 5.74) is 6.22. The minimum atomic E-state index is -0.408. The van der Waals surface area contributed by atoms with Crippen molar-refractivity contribution < 1.29 is 9.13 Å². The van der Waals surface area contributed by atoms with Crippen LogP contribution < -0.4 is 10.5 Å². The SMILES string of the molecule is N#Cc1cnc(Oc2cccc(F)c2)c(N)c1. The first-order valence-corrected chi connectivity index (χ1v) is 4.78. The molecule has 0 amide bonds. The first-order valence-electron chi connectivity index (χ1n) is 4.78. The van der Waals surface area contributed by atoms with Gasteiger partial charge in [-0.1, -0.05) is 6.07 Å². The molecule has 0 unspecified atom stereocenters. The van der Waals surface area contributed by atoms with Crippen LogP contribution in [0.3, 0.4) is 0 Å². The van der Waals surface area contributed by atoms with Gasteiger partial charge in [-0.2, -0.15) is 5.26 Å². The Kier molecular flexibility index (Phi) is 2.88. The van der Waals surface area contributed by atoms with E-state index < -0.39 is 5.82 Å². The van der Waals surface area contributed by atoms with E-state index in [1.54, 1.807) is 6.07 Å². The van der Waals surface area contributed by atoms with Crippen LogP contribution in [0.4, 0.5) is 10.1 Å². The van der Waals surface area contributed by atoms with Crippen LogP contribution in [0.5, 0.6) is 11.6 Å². The topological polar surface area (TPSA) is 71.9 Å². The second kappa shape index (κ2) is 4.49. The molecule has 2 N–H and O–H groups in total. The molecular formula is C12H8FN3O. The molecule has 1 aromatic heterocycles. The maximum atomic E-state index is 12.9. The van der Waals surface area contributed by atoms with Gasteiger partial charge in [-0.25, -0.2) is 9.37 Å². The molecule has 2 aromatic rings. The van der Waals surface area contributed by atoms with Crippen LogP contribution >= 0.6 is 0 Å². The van der Waals surface area contributed by atoms with Crippen LogP contribution in [-0.4, -0.2) is 4.98 Å². The summed E-state index contributed by atoms with van der Waals surface area (Å²) in [6.07, 6.45) is 1.34. The van der Waals surface area contributed by atoms with Gasteiger partial charge in [0, 0.05) is 12.3 Å². The monoisotopic (exact) mass is 229 g/mol. The fraction of sp³-hybridized carbons (Fsp3) is 0. The van der Waals surface area contributed by atoms with Crippen LogP contribution in [0, 0.1) is 17.1 Å². The highest BCUT2D eigenvalue weighted by atomic mass is 19.1. The second-order valence-electron chi connectivity index (χ2n) is 3.29. The molecule has 0 spiro atoms. The van der Waals surface area contributed by atoms with Crippen LogP contribution in [0.25, 0.3) is 0 Å². The van der Waals surface area contributed by atoms with E-state index in [4.69, 9.17) is 15.7 Å². The lowest BCUT2D eigenvalue weighted by Gasteiger charge is -2.06. The van der Waals surface area contributed by atoms with Crippen molar-refractivity contribution in [2.24, 2.45) is 0 Å². The second-order valence-corrected chi connectivity index (χ2v) is 3.29. The summed E-state index contributed by atoms with van der Waals surface area (Å²) in [5.74, 6) is 0.0400. The van der Waals surface area contributed by atoms with Gasteiger partial charge in [-0.15, -0.1) is 0 Å². The summed E-state index contributed by atoms with van der Waals surface area (Å²) in [5, 5.41) is 8.64. The molecule has 0 saturated carbocycles. The van der Waals surface area contributed by atoms with Crippen LogP contribution in [-0.2, 0) is 0 Å². The highest BCUT2D eigenvalue weighted by Crippen LogP contribution is 2.25. The van der Waals surface area contributed by atoms with Crippen molar-refractivity contribution in [2.75, 3.05) is 5.73 Å². The Morgan fingerprint density at radius 2 is 2.18 bits per heavy atom. The number of ether oxygens (including phenoxy) is 1. The standard InChI is InChI=1S/C12H8FN3O/c13-9-2-1-3-10(5-9)17-12-11(15)4-8(6-14)7-16-12/h1-5,7H,15H2. The van der Waals surface area contributed by atoms with E-state index in [0.717, 1.165) is 0 Å². The molecule has 0 atom stereocenters. The van der Waals surface area contributed by atoms with Crippen molar-refractivity contribution in [3.05, 3.63) is 47.9 Å². The summed E-state index contributed by atoms with van der Waals surface area (Å²) in [6.45, 7) is 0. The van der Waals surface area contributed by atoms with Gasteiger partial charge in [0.05, 0.1) is 11.3 Å². The van der Waals surface area contributed by atoms with Crippen molar-refractivity contribution in [3.63, 3.8) is 0 Å². The van der Waals surface area contributed by atoms with Gasteiger partial charge in [-0.05, 0) is 18.2 Å². The van der Waals surface area contributed by atoms with Crippen LogP contribution in [0.1, 0.15) is 5.56 Å². The first-order chi connectivity index (χ1) is 8.19. The van der Waals surface area contributed by atoms with Crippen molar-refractivity contribution >= 4 is 5.69 Å². The van der Waals surface area contributed by atoms with E-state index in [1.165, 1.54) is 30.5 Å². The summed E-state index contributed by atoms with van der Waals surface area (Å²) >= 11 is 0. The molecule has 4 nitrogen and oxygen atoms in total. The number of pyridine rings is 1. The molecule has 84 valence electrons. The molecule has 0 bridgehead atoms. The number of hydrogen-bond donors (Lipinski definition) is 1. The Morgan fingerprint density at radius 1 is 1.35 bits per heavy atom. The van der Waals surface area contributed by atoms with Gasteiger partial charge in [0.15, 0.2) is 0 Å².